The van der Waals surface area contributed by atoms with Gasteiger partial charge < -0.3 is 10.1 Å². The molecule has 0 saturated heterocycles. The van der Waals surface area contributed by atoms with E-state index in [-0.39, 0.29) is 11.9 Å². The van der Waals surface area contributed by atoms with E-state index in [0.717, 1.165) is 22.1 Å². The molecule has 0 heterocycles. The first-order chi connectivity index (χ1) is 14.0. The number of thioether (sulfide) groups is 1. The lowest BCUT2D eigenvalue weighted by Gasteiger charge is -2.15. The van der Waals surface area contributed by atoms with Crippen LogP contribution in [0.25, 0.3) is 0 Å². The number of nitrogens with one attached hydrogen (secondary N) is 1. The second kappa shape index (κ2) is 10.4. The monoisotopic (exact) mass is 425 g/mol. The van der Waals surface area contributed by atoms with Gasteiger partial charge in [0.15, 0.2) is 0 Å². The van der Waals surface area contributed by atoms with Crippen molar-refractivity contribution in [3.63, 3.8) is 0 Å². The average molecular weight is 426 g/mol. The lowest BCUT2D eigenvalue weighted by atomic mass is 10.1. The van der Waals surface area contributed by atoms with Crippen LogP contribution < -0.4 is 10.1 Å². The molecule has 0 aliphatic rings. The number of benzene rings is 3. The Morgan fingerprint density at radius 2 is 1.66 bits per heavy atom. The van der Waals surface area contributed by atoms with Crippen LogP contribution in [0.15, 0.2) is 77.7 Å². The zero-order chi connectivity index (χ0) is 20.6. The van der Waals surface area contributed by atoms with Gasteiger partial charge in [0.05, 0.1) is 6.04 Å². The molecule has 29 heavy (non-hydrogen) atoms. The molecule has 0 aromatic heterocycles. The van der Waals surface area contributed by atoms with Crippen LogP contribution in [0.1, 0.15) is 28.4 Å². The lowest BCUT2D eigenvalue weighted by Crippen LogP contribution is -2.36. The van der Waals surface area contributed by atoms with Gasteiger partial charge in [0.25, 0.3) is 5.91 Å². The molecule has 0 aliphatic heterocycles. The largest absolute Gasteiger partial charge is 0.491 e. The zero-order valence-corrected chi connectivity index (χ0v) is 18.1. The van der Waals surface area contributed by atoms with Gasteiger partial charge in [-0.3, -0.25) is 4.79 Å². The molecule has 0 fully saturated rings. The Kier molecular flexibility index (Phi) is 7.62. The zero-order valence-electron chi connectivity index (χ0n) is 16.5. The molecule has 1 atom stereocenters. The number of rotatable bonds is 8. The van der Waals surface area contributed by atoms with Crippen molar-refractivity contribution in [2.45, 2.75) is 30.5 Å². The van der Waals surface area contributed by atoms with Crippen LogP contribution in [0.3, 0.4) is 0 Å². The molecule has 0 saturated carbocycles. The van der Waals surface area contributed by atoms with Gasteiger partial charge in [-0.2, -0.15) is 0 Å². The molecule has 0 radical (unpaired) electrons. The summed E-state index contributed by atoms with van der Waals surface area (Å²) in [5.41, 5.74) is 3.00. The lowest BCUT2D eigenvalue weighted by molar-refractivity contribution is 0.0926. The first-order valence-corrected chi connectivity index (χ1v) is 10.8. The summed E-state index contributed by atoms with van der Waals surface area (Å²) in [4.78, 5) is 13.6. The SMILES string of the molecule is Cc1ccc(OCC(C)NC(=O)c2ccc(CSc3ccc(Cl)cc3)cc2)cc1. The number of hydrogen-bond donors (Lipinski definition) is 1. The van der Waals surface area contributed by atoms with E-state index in [9.17, 15) is 4.79 Å². The highest BCUT2D eigenvalue weighted by Crippen LogP contribution is 2.24. The summed E-state index contributed by atoms with van der Waals surface area (Å²) < 4.78 is 5.73. The van der Waals surface area contributed by atoms with Crippen molar-refractivity contribution < 1.29 is 9.53 Å². The van der Waals surface area contributed by atoms with Gasteiger partial charge in [-0.05, 0) is 67.9 Å². The van der Waals surface area contributed by atoms with E-state index in [0.29, 0.717) is 12.2 Å². The van der Waals surface area contributed by atoms with E-state index in [1.807, 2.05) is 86.6 Å². The minimum atomic E-state index is -0.0955. The molecule has 0 bridgehead atoms. The Hall–Kier alpha value is -2.43. The standard InChI is InChI=1S/C24H24ClNO2S/c1-17-3-11-22(12-4-17)28-15-18(2)26-24(27)20-7-5-19(6-8-20)16-29-23-13-9-21(25)10-14-23/h3-14,18H,15-16H2,1-2H3,(H,26,27). The molecule has 3 rings (SSSR count). The molecule has 1 N–H and O–H groups in total. The van der Waals surface area contributed by atoms with Crippen LogP contribution in [-0.2, 0) is 5.75 Å². The second-order valence-corrected chi connectivity index (χ2v) is 8.42. The van der Waals surface area contributed by atoms with Crippen molar-refractivity contribution in [3.8, 4) is 5.75 Å². The number of hydrogen-bond acceptors (Lipinski definition) is 3. The molecule has 0 spiro atoms. The molecule has 1 unspecified atom stereocenters. The highest BCUT2D eigenvalue weighted by atomic mass is 35.5. The van der Waals surface area contributed by atoms with Crippen molar-refractivity contribution >= 4 is 29.3 Å². The van der Waals surface area contributed by atoms with Gasteiger partial charge in [-0.1, -0.05) is 41.4 Å². The minimum Gasteiger partial charge on any atom is -0.491 e. The summed E-state index contributed by atoms with van der Waals surface area (Å²) in [6, 6.07) is 23.3. The minimum absolute atomic E-state index is 0.0936. The number of carbonyl (C=O) groups is 1. The van der Waals surface area contributed by atoms with Gasteiger partial charge in [0.1, 0.15) is 12.4 Å². The van der Waals surface area contributed by atoms with Gasteiger partial charge in [0.2, 0.25) is 0 Å². The van der Waals surface area contributed by atoms with Crippen LogP contribution in [-0.4, -0.2) is 18.6 Å². The van der Waals surface area contributed by atoms with Gasteiger partial charge in [-0.15, -0.1) is 11.8 Å². The maximum Gasteiger partial charge on any atom is 0.251 e. The Bertz CT molecular complexity index is 925. The van der Waals surface area contributed by atoms with E-state index < -0.39 is 0 Å². The molecule has 3 nitrogen and oxygen atoms in total. The number of ether oxygens (including phenoxy) is 1. The van der Waals surface area contributed by atoms with Gasteiger partial charge >= 0.3 is 0 Å². The average Bonchev–Trinajstić information content (AvgIpc) is 2.73. The van der Waals surface area contributed by atoms with E-state index in [1.54, 1.807) is 11.8 Å². The third-order valence-corrected chi connectivity index (χ3v) is 5.67. The van der Waals surface area contributed by atoms with Gasteiger partial charge in [0, 0.05) is 21.2 Å². The Morgan fingerprint density at radius 1 is 1.00 bits per heavy atom. The fraction of sp³-hybridized carbons (Fsp3) is 0.208. The van der Waals surface area contributed by atoms with Crippen LogP contribution in [0.5, 0.6) is 5.75 Å². The normalized spacial score (nSPS) is 11.7. The maximum absolute atomic E-state index is 12.4. The Morgan fingerprint density at radius 3 is 2.31 bits per heavy atom. The molecule has 150 valence electrons. The van der Waals surface area contributed by atoms with Crippen LogP contribution >= 0.6 is 23.4 Å². The Balaban J connectivity index is 1.46. The first kappa shape index (κ1) is 21.3. The molecule has 5 heteroatoms. The molecule has 0 aliphatic carbocycles. The highest BCUT2D eigenvalue weighted by Gasteiger charge is 2.10. The van der Waals surface area contributed by atoms with Crippen LogP contribution in [0.2, 0.25) is 5.02 Å². The van der Waals surface area contributed by atoms with E-state index in [4.69, 9.17) is 16.3 Å². The van der Waals surface area contributed by atoms with E-state index >= 15 is 0 Å². The van der Waals surface area contributed by atoms with Crippen molar-refractivity contribution in [1.29, 1.82) is 0 Å². The first-order valence-electron chi connectivity index (χ1n) is 9.47. The summed E-state index contributed by atoms with van der Waals surface area (Å²) in [5.74, 6) is 1.55. The van der Waals surface area contributed by atoms with Crippen molar-refractivity contribution in [2.75, 3.05) is 6.61 Å². The fourth-order valence-corrected chi connectivity index (χ4v) is 3.63. The predicted octanol–water partition coefficient (Wildman–Crippen LogP) is 6.14. The summed E-state index contributed by atoms with van der Waals surface area (Å²) in [6.45, 7) is 4.39. The third-order valence-electron chi connectivity index (χ3n) is 4.33. The van der Waals surface area contributed by atoms with E-state index in [2.05, 4.69) is 5.32 Å². The number of halogens is 1. The quantitative estimate of drug-likeness (QED) is 0.440. The molecule has 3 aromatic carbocycles. The van der Waals surface area contributed by atoms with Crippen molar-refractivity contribution in [1.82, 2.24) is 5.32 Å². The second-order valence-electron chi connectivity index (χ2n) is 6.94. The highest BCUT2D eigenvalue weighted by molar-refractivity contribution is 7.98. The molecule has 1 amide bonds. The van der Waals surface area contributed by atoms with Crippen LogP contribution in [0.4, 0.5) is 0 Å². The summed E-state index contributed by atoms with van der Waals surface area (Å²) in [5, 5.41) is 3.72. The number of aryl methyl sites for hydroxylation is 1. The molecule has 3 aromatic rings. The van der Waals surface area contributed by atoms with Gasteiger partial charge in [-0.25, -0.2) is 0 Å². The summed E-state index contributed by atoms with van der Waals surface area (Å²) in [6.07, 6.45) is 0. The van der Waals surface area contributed by atoms with Crippen molar-refractivity contribution in [2.24, 2.45) is 0 Å². The Labute approximate surface area is 181 Å². The maximum atomic E-state index is 12.4. The topological polar surface area (TPSA) is 38.3 Å². The number of carbonyl (C=O) groups excluding carboxylic acids is 1. The summed E-state index contributed by atoms with van der Waals surface area (Å²) in [7, 11) is 0. The summed E-state index contributed by atoms with van der Waals surface area (Å²) >= 11 is 7.65. The van der Waals surface area contributed by atoms with E-state index in [1.165, 1.54) is 10.5 Å². The molecular weight excluding hydrogens is 402 g/mol. The smallest absolute Gasteiger partial charge is 0.251 e. The number of amides is 1. The molecular formula is C24H24ClNO2S. The van der Waals surface area contributed by atoms with Crippen molar-refractivity contribution in [3.05, 3.63) is 94.5 Å². The third kappa shape index (κ3) is 6.84. The van der Waals surface area contributed by atoms with Crippen LogP contribution in [0, 0.1) is 6.92 Å². The fourth-order valence-electron chi connectivity index (χ4n) is 2.65. The predicted molar refractivity (Wildman–Crippen MR) is 121 cm³/mol.